The molecule has 0 aromatic carbocycles. The van der Waals surface area contributed by atoms with Crippen LogP contribution in [0.5, 0.6) is 0 Å². The molecular weight excluding hydrogens is 200 g/mol. The van der Waals surface area contributed by atoms with E-state index in [-0.39, 0.29) is 0 Å². The van der Waals surface area contributed by atoms with Gasteiger partial charge in [-0.15, -0.1) is 0 Å². The minimum atomic E-state index is 0.765. The summed E-state index contributed by atoms with van der Waals surface area (Å²) >= 11 is 0. The highest BCUT2D eigenvalue weighted by Crippen LogP contribution is 2.20. The lowest BCUT2D eigenvalue weighted by molar-refractivity contribution is 0.0285. The predicted octanol–water partition coefficient (Wildman–Crippen LogP) is 1.34. The zero-order valence-corrected chi connectivity index (χ0v) is 10.7. The molecule has 94 valence electrons. The van der Waals surface area contributed by atoms with Gasteiger partial charge in [-0.3, -0.25) is 0 Å². The van der Waals surface area contributed by atoms with E-state index in [2.05, 4.69) is 24.2 Å². The third-order valence-corrected chi connectivity index (χ3v) is 4.11. The van der Waals surface area contributed by atoms with Crippen molar-refractivity contribution in [3.8, 4) is 0 Å². The minimum Gasteiger partial charge on any atom is -0.381 e. The highest BCUT2D eigenvalue weighted by atomic mass is 16.5. The van der Waals surface area contributed by atoms with Gasteiger partial charge in [-0.1, -0.05) is 6.92 Å². The smallest absolute Gasteiger partial charge is 0.0506 e. The summed E-state index contributed by atoms with van der Waals surface area (Å²) in [4.78, 5) is 2.57. The van der Waals surface area contributed by atoms with E-state index < -0.39 is 0 Å². The lowest BCUT2D eigenvalue weighted by atomic mass is 9.92. The quantitative estimate of drug-likeness (QED) is 0.786. The van der Waals surface area contributed by atoms with Crippen molar-refractivity contribution in [2.75, 3.05) is 39.9 Å². The monoisotopic (exact) mass is 226 g/mol. The minimum absolute atomic E-state index is 0.765. The van der Waals surface area contributed by atoms with Gasteiger partial charge in [0.25, 0.3) is 0 Å². The number of hydrogen-bond donors (Lipinski definition) is 1. The Bertz CT molecular complexity index is 204. The van der Waals surface area contributed by atoms with Crippen LogP contribution in [-0.2, 0) is 4.74 Å². The van der Waals surface area contributed by atoms with E-state index in [9.17, 15) is 0 Å². The van der Waals surface area contributed by atoms with E-state index in [1.54, 1.807) is 0 Å². The largest absolute Gasteiger partial charge is 0.381 e. The second-order valence-corrected chi connectivity index (χ2v) is 5.56. The number of nitrogens with one attached hydrogen (secondary N) is 1. The van der Waals surface area contributed by atoms with E-state index in [1.165, 1.54) is 38.9 Å². The number of ether oxygens (including phenoxy) is 1. The molecule has 0 saturated carbocycles. The fourth-order valence-corrected chi connectivity index (χ4v) is 3.15. The molecule has 16 heavy (non-hydrogen) atoms. The van der Waals surface area contributed by atoms with E-state index >= 15 is 0 Å². The fraction of sp³-hybridized carbons (Fsp3) is 1.00. The summed E-state index contributed by atoms with van der Waals surface area (Å²) in [6, 6.07) is 0.767. The number of rotatable bonds is 3. The Morgan fingerprint density at radius 3 is 2.94 bits per heavy atom. The van der Waals surface area contributed by atoms with Crippen LogP contribution >= 0.6 is 0 Å². The number of piperidine rings is 1. The summed E-state index contributed by atoms with van der Waals surface area (Å²) in [5.41, 5.74) is 0. The average Bonchev–Trinajstić information content (AvgIpc) is 2.31. The van der Waals surface area contributed by atoms with E-state index in [1.807, 2.05) is 0 Å². The van der Waals surface area contributed by atoms with E-state index in [0.29, 0.717) is 0 Å². The van der Waals surface area contributed by atoms with Crippen molar-refractivity contribution in [3.63, 3.8) is 0 Å². The summed E-state index contributed by atoms with van der Waals surface area (Å²) < 4.78 is 5.56. The zero-order valence-electron chi connectivity index (χ0n) is 10.7. The molecule has 3 nitrogen and oxygen atoms in total. The maximum absolute atomic E-state index is 5.56. The lowest BCUT2D eigenvalue weighted by Gasteiger charge is -2.38. The first-order valence-electron chi connectivity index (χ1n) is 6.76. The highest BCUT2D eigenvalue weighted by molar-refractivity contribution is 4.83. The van der Waals surface area contributed by atoms with Crippen molar-refractivity contribution in [2.45, 2.75) is 32.2 Å². The fourth-order valence-electron chi connectivity index (χ4n) is 3.15. The van der Waals surface area contributed by atoms with Crippen molar-refractivity contribution < 1.29 is 4.74 Å². The topological polar surface area (TPSA) is 24.5 Å². The standard InChI is InChI=1S/C13H26N2O/c1-11-8-14-6-5-13(11)15(2)9-12-4-3-7-16-10-12/h11-14H,3-10H2,1-2H3. The second kappa shape index (κ2) is 5.99. The van der Waals surface area contributed by atoms with Gasteiger partial charge in [0.05, 0.1) is 6.61 Å². The van der Waals surface area contributed by atoms with E-state index in [0.717, 1.165) is 31.1 Å². The maximum Gasteiger partial charge on any atom is 0.0506 e. The summed E-state index contributed by atoms with van der Waals surface area (Å²) in [7, 11) is 2.29. The molecule has 2 rings (SSSR count). The third-order valence-electron chi connectivity index (χ3n) is 4.11. The Kier molecular flexibility index (Phi) is 4.62. The predicted molar refractivity (Wildman–Crippen MR) is 66.6 cm³/mol. The summed E-state index contributed by atoms with van der Waals surface area (Å²) in [5.74, 6) is 1.55. The Labute approximate surface area is 99.5 Å². The van der Waals surface area contributed by atoms with Crippen LogP contribution in [0.3, 0.4) is 0 Å². The van der Waals surface area contributed by atoms with Crippen LogP contribution in [0.4, 0.5) is 0 Å². The SMILES string of the molecule is CC1CNCCC1N(C)CC1CCCOC1. The van der Waals surface area contributed by atoms with Crippen molar-refractivity contribution in [1.29, 1.82) is 0 Å². The van der Waals surface area contributed by atoms with Crippen LogP contribution in [0, 0.1) is 11.8 Å². The normalized spacial score (nSPS) is 36.6. The van der Waals surface area contributed by atoms with Gasteiger partial charge in [-0.2, -0.15) is 0 Å². The Morgan fingerprint density at radius 2 is 2.25 bits per heavy atom. The van der Waals surface area contributed by atoms with Crippen LogP contribution in [0.1, 0.15) is 26.2 Å². The molecule has 2 aliphatic rings. The molecule has 0 radical (unpaired) electrons. The summed E-state index contributed by atoms with van der Waals surface area (Å²) in [5, 5.41) is 3.47. The molecule has 0 aromatic rings. The van der Waals surface area contributed by atoms with E-state index in [4.69, 9.17) is 4.74 Å². The van der Waals surface area contributed by atoms with Gasteiger partial charge in [-0.25, -0.2) is 0 Å². The van der Waals surface area contributed by atoms with Crippen molar-refractivity contribution in [3.05, 3.63) is 0 Å². The molecule has 0 spiro atoms. The van der Waals surface area contributed by atoms with Gasteiger partial charge >= 0.3 is 0 Å². The van der Waals surface area contributed by atoms with Gasteiger partial charge < -0.3 is 15.0 Å². The molecular formula is C13H26N2O. The Morgan fingerprint density at radius 1 is 1.38 bits per heavy atom. The van der Waals surface area contributed by atoms with Crippen LogP contribution in [0.15, 0.2) is 0 Å². The van der Waals surface area contributed by atoms with Gasteiger partial charge in [0, 0.05) is 19.2 Å². The number of hydrogen-bond acceptors (Lipinski definition) is 3. The van der Waals surface area contributed by atoms with Crippen LogP contribution in [0.2, 0.25) is 0 Å². The molecule has 1 N–H and O–H groups in total. The third kappa shape index (κ3) is 3.19. The molecule has 0 bridgehead atoms. The second-order valence-electron chi connectivity index (χ2n) is 5.56. The highest BCUT2D eigenvalue weighted by Gasteiger charge is 2.26. The van der Waals surface area contributed by atoms with Crippen LogP contribution in [-0.4, -0.2) is 50.8 Å². The summed E-state index contributed by atoms with van der Waals surface area (Å²) in [6.07, 6.45) is 3.90. The molecule has 3 unspecified atom stereocenters. The Hall–Kier alpha value is -0.120. The maximum atomic E-state index is 5.56. The molecule has 2 heterocycles. The lowest BCUT2D eigenvalue weighted by Crippen LogP contribution is -2.48. The van der Waals surface area contributed by atoms with Gasteiger partial charge in [-0.05, 0) is 51.2 Å². The molecule has 2 aliphatic heterocycles. The Balaban J connectivity index is 1.78. The first kappa shape index (κ1) is 12.3. The molecule has 0 amide bonds. The zero-order chi connectivity index (χ0) is 11.4. The first-order chi connectivity index (χ1) is 7.77. The summed E-state index contributed by atoms with van der Waals surface area (Å²) in [6.45, 7) is 7.89. The first-order valence-corrected chi connectivity index (χ1v) is 6.76. The number of nitrogens with zero attached hydrogens (tertiary/aromatic N) is 1. The average molecular weight is 226 g/mol. The van der Waals surface area contributed by atoms with Crippen LogP contribution < -0.4 is 5.32 Å². The van der Waals surface area contributed by atoms with Gasteiger partial charge in [0.1, 0.15) is 0 Å². The molecule has 0 aromatic heterocycles. The van der Waals surface area contributed by atoms with Crippen molar-refractivity contribution >= 4 is 0 Å². The van der Waals surface area contributed by atoms with Crippen molar-refractivity contribution in [2.24, 2.45) is 11.8 Å². The molecule has 2 saturated heterocycles. The molecule has 0 aliphatic carbocycles. The van der Waals surface area contributed by atoms with Crippen LogP contribution in [0.25, 0.3) is 0 Å². The molecule has 3 heteroatoms. The molecule has 3 atom stereocenters. The molecule has 2 fully saturated rings. The van der Waals surface area contributed by atoms with Gasteiger partial charge in [0.2, 0.25) is 0 Å². The van der Waals surface area contributed by atoms with Gasteiger partial charge in [0.15, 0.2) is 0 Å². The van der Waals surface area contributed by atoms with Crippen molar-refractivity contribution in [1.82, 2.24) is 10.2 Å².